The van der Waals surface area contributed by atoms with Crippen molar-refractivity contribution in [1.82, 2.24) is 10.6 Å². The highest BCUT2D eigenvalue weighted by atomic mass is 16.5. The largest absolute Gasteiger partial charge is 0.379 e. The van der Waals surface area contributed by atoms with E-state index in [4.69, 9.17) is 4.74 Å². The average molecular weight is 286 g/mol. The molecule has 5 nitrogen and oxygen atoms in total. The third kappa shape index (κ3) is 12.1. The monoisotopic (exact) mass is 286 g/mol. The van der Waals surface area contributed by atoms with Crippen LogP contribution in [0.3, 0.4) is 0 Å². The summed E-state index contributed by atoms with van der Waals surface area (Å²) in [4.78, 5) is 22.8. The molecule has 1 amide bonds. The predicted molar refractivity (Wildman–Crippen MR) is 80.7 cm³/mol. The van der Waals surface area contributed by atoms with E-state index in [1.165, 1.54) is 0 Å². The van der Waals surface area contributed by atoms with Crippen LogP contribution in [0.25, 0.3) is 0 Å². The number of hydrogen-bond donors (Lipinski definition) is 2. The number of rotatable bonds is 12. The molecule has 0 aliphatic rings. The van der Waals surface area contributed by atoms with Crippen molar-refractivity contribution in [2.45, 2.75) is 53.0 Å². The maximum Gasteiger partial charge on any atom is 0.220 e. The number of amides is 1. The first-order chi connectivity index (χ1) is 9.43. The zero-order valence-corrected chi connectivity index (χ0v) is 13.3. The molecule has 0 atom stereocenters. The Labute approximate surface area is 122 Å². The van der Waals surface area contributed by atoms with Gasteiger partial charge in [-0.15, -0.1) is 0 Å². The van der Waals surface area contributed by atoms with Gasteiger partial charge in [0, 0.05) is 31.3 Å². The van der Waals surface area contributed by atoms with Gasteiger partial charge in [0.2, 0.25) is 5.91 Å². The third-order valence-corrected chi connectivity index (χ3v) is 2.84. The summed E-state index contributed by atoms with van der Waals surface area (Å²) in [6.07, 6.45) is 1.83. The second-order valence-corrected chi connectivity index (χ2v) is 5.55. The van der Waals surface area contributed by atoms with Crippen molar-refractivity contribution in [3.05, 3.63) is 0 Å². The number of carbonyl (C=O) groups is 2. The van der Waals surface area contributed by atoms with E-state index >= 15 is 0 Å². The molecule has 0 saturated carbocycles. The Balaban J connectivity index is 3.33. The van der Waals surface area contributed by atoms with Crippen LogP contribution in [-0.4, -0.2) is 44.0 Å². The van der Waals surface area contributed by atoms with E-state index in [1.54, 1.807) is 0 Å². The first kappa shape index (κ1) is 19.1. The van der Waals surface area contributed by atoms with E-state index in [0.29, 0.717) is 38.6 Å². The van der Waals surface area contributed by atoms with Crippen molar-refractivity contribution < 1.29 is 14.3 Å². The highest BCUT2D eigenvalue weighted by Gasteiger charge is 2.06. The second kappa shape index (κ2) is 11.9. The molecule has 0 aromatic rings. The number of ether oxygens (including phenoxy) is 1. The van der Waals surface area contributed by atoms with Gasteiger partial charge in [-0.3, -0.25) is 9.59 Å². The van der Waals surface area contributed by atoms with Gasteiger partial charge in [-0.2, -0.15) is 0 Å². The van der Waals surface area contributed by atoms with Crippen molar-refractivity contribution in [3.8, 4) is 0 Å². The van der Waals surface area contributed by atoms with Gasteiger partial charge in [0.15, 0.2) is 0 Å². The smallest absolute Gasteiger partial charge is 0.220 e. The Hall–Kier alpha value is -0.940. The first-order valence-corrected chi connectivity index (χ1v) is 7.54. The summed E-state index contributed by atoms with van der Waals surface area (Å²) < 4.78 is 5.31. The number of nitrogens with one attached hydrogen (secondary N) is 2. The molecule has 20 heavy (non-hydrogen) atoms. The number of Topliss-reactive ketones (excluding diaryl/α,β-unsaturated/α-hetero) is 1. The van der Waals surface area contributed by atoms with Gasteiger partial charge in [-0.1, -0.05) is 27.7 Å². The molecular formula is C15H30N2O3. The lowest BCUT2D eigenvalue weighted by Crippen LogP contribution is -2.29. The Bertz CT molecular complexity index is 278. The fourth-order valence-corrected chi connectivity index (χ4v) is 1.55. The van der Waals surface area contributed by atoms with Crippen molar-refractivity contribution in [2.75, 3.05) is 26.3 Å². The van der Waals surface area contributed by atoms with Crippen LogP contribution in [0.4, 0.5) is 0 Å². The van der Waals surface area contributed by atoms with Crippen molar-refractivity contribution >= 4 is 11.7 Å². The average Bonchev–Trinajstić information content (AvgIpc) is 2.38. The van der Waals surface area contributed by atoms with Gasteiger partial charge < -0.3 is 15.4 Å². The molecule has 5 heteroatoms. The predicted octanol–water partition coefficient (Wildman–Crippen LogP) is 1.51. The van der Waals surface area contributed by atoms with E-state index in [2.05, 4.69) is 24.5 Å². The molecule has 0 bridgehead atoms. The minimum atomic E-state index is 0.0532. The maximum absolute atomic E-state index is 11.5. The van der Waals surface area contributed by atoms with Crippen LogP contribution >= 0.6 is 0 Å². The first-order valence-electron chi connectivity index (χ1n) is 7.54. The van der Waals surface area contributed by atoms with Gasteiger partial charge in [0.25, 0.3) is 0 Å². The molecule has 0 aliphatic carbocycles. The zero-order chi connectivity index (χ0) is 15.4. The van der Waals surface area contributed by atoms with Gasteiger partial charge in [0.1, 0.15) is 5.78 Å². The minimum Gasteiger partial charge on any atom is -0.379 e. The van der Waals surface area contributed by atoms with E-state index < -0.39 is 0 Å². The fourth-order valence-electron chi connectivity index (χ4n) is 1.55. The summed E-state index contributed by atoms with van der Waals surface area (Å²) in [5.74, 6) is 0.335. The fraction of sp³-hybridized carbons (Fsp3) is 0.867. The van der Waals surface area contributed by atoms with Crippen molar-refractivity contribution in [3.63, 3.8) is 0 Å². The van der Waals surface area contributed by atoms with Crippen LogP contribution in [0.5, 0.6) is 0 Å². The summed E-state index contributed by atoms with van der Waals surface area (Å²) >= 11 is 0. The van der Waals surface area contributed by atoms with E-state index in [1.807, 2.05) is 13.8 Å². The van der Waals surface area contributed by atoms with Crippen LogP contribution < -0.4 is 10.6 Å². The molecule has 0 unspecified atom stereocenters. The molecule has 0 aliphatic heterocycles. The Kier molecular flexibility index (Phi) is 11.3. The number of ketones is 1. The molecule has 2 N–H and O–H groups in total. The van der Waals surface area contributed by atoms with E-state index in [-0.39, 0.29) is 17.6 Å². The lowest BCUT2D eigenvalue weighted by molar-refractivity contribution is -0.123. The quantitative estimate of drug-likeness (QED) is 0.534. The summed E-state index contributed by atoms with van der Waals surface area (Å²) in [7, 11) is 0. The van der Waals surface area contributed by atoms with Crippen LogP contribution in [0, 0.1) is 5.92 Å². The Morgan fingerprint density at radius 2 is 1.70 bits per heavy atom. The molecule has 0 spiro atoms. The van der Waals surface area contributed by atoms with Crippen molar-refractivity contribution in [1.29, 1.82) is 0 Å². The summed E-state index contributed by atoms with van der Waals surface area (Å²) in [6.45, 7) is 10.2. The van der Waals surface area contributed by atoms with E-state index in [9.17, 15) is 9.59 Å². The van der Waals surface area contributed by atoms with Gasteiger partial charge in [0.05, 0.1) is 13.2 Å². The molecular weight excluding hydrogens is 256 g/mol. The van der Waals surface area contributed by atoms with Gasteiger partial charge in [-0.25, -0.2) is 0 Å². The third-order valence-electron chi connectivity index (χ3n) is 2.84. The molecule has 0 heterocycles. The summed E-state index contributed by atoms with van der Waals surface area (Å²) in [6, 6.07) is 0.458. The summed E-state index contributed by atoms with van der Waals surface area (Å²) in [5, 5.41) is 6.07. The molecule has 0 rings (SSSR count). The molecule has 0 fully saturated rings. The molecule has 0 radical (unpaired) electrons. The summed E-state index contributed by atoms with van der Waals surface area (Å²) in [5.41, 5.74) is 0. The molecule has 118 valence electrons. The highest BCUT2D eigenvalue weighted by molar-refractivity contribution is 5.80. The Morgan fingerprint density at radius 3 is 2.30 bits per heavy atom. The standard InChI is InChI=1S/C15H30N2O3/c1-12(2)14(18)7-10-20-11-9-17-15(19)6-5-8-16-13(3)4/h12-13,16H,5-11H2,1-4H3,(H,17,19). The van der Waals surface area contributed by atoms with Crippen LogP contribution in [0.15, 0.2) is 0 Å². The molecule has 0 aromatic heterocycles. The lowest BCUT2D eigenvalue weighted by Gasteiger charge is -2.09. The van der Waals surface area contributed by atoms with Crippen LogP contribution in [0.2, 0.25) is 0 Å². The van der Waals surface area contributed by atoms with Crippen LogP contribution in [-0.2, 0) is 14.3 Å². The molecule has 0 saturated heterocycles. The lowest BCUT2D eigenvalue weighted by atomic mass is 10.1. The minimum absolute atomic E-state index is 0.0532. The van der Waals surface area contributed by atoms with Gasteiger partial charge in [-0.05, 0) is 13.0 Å². The topological polar surface area (TPSA) is 67.4 Å². The van der Waals surface area contributed by atoms with E-state index in [0.717, 1.165) is 13.0 Å². The molecule has 0 aromatic carbocycles. The highest BCUT2D eigenvalue weighted by Crippen LogP contribution is 1.98. The number of carbonyl (C=O) groups excluding carboxylic acids is 2. The number of hydrogen-bond acceptors (Lipinski definition) is 4. The zero-order valence-electron chi connectivity index (χ0n) is 13.3. The normalized spacial score (nSPS) is 11.1. The van der Waals surface area contributed by atoms with Gasteiger partial charge >= 0.3 is 0 Å². The SMILES string of the molecule is CC(C)NCCCC(=O)NCCOCCC(=O)C(C)C. The Morgan fingerprint density at radius 1 is 1.00 bits per heavy atom. The second-order valence-electron chi connectivity index (χ2n) is 5.55. The van der Waals surface area contributed by atoms with Crippen LogP contribution in [0.1, 0.15) is 47.0 Å². The van der Waals surface area contributed by atoms with Crippen molar-refractivity contribution in [2.24, 2.45) is 5.92 Å². The maximum atomic E-state index is 11.5.